The second-order valence-corrected chi connectivity index (χ2v) is 4.39. The number of thioether (sulfide) groups is 1. The fourth-order valence-corrected chi connectivity index (χ4v) is 2.17. The van der Waals surface area contributed by atoms with Gasteiger partial charge in [0.15, 0.2) is 0 Å². The van der Waals surface area contributed by atoms with Crippen molar-refractivity contribution in [1.29, 1.82) is 0 Å². The largest absolute Gasteiger partial charge is 0.467 e. The van der Waals surface area contributed by atoms with E-state index in [4.69, 9.17) is 5.11 Å². The number of carbonyl (C=O) groups is 2. The minimum atomic E-state index is -0.602. The molecule has 1 N–H and O–H groups in total. The number of carbonyl (C=O) groups excluding carboxylic acids is 2. The van der Waals surface area contributed by atoms with Crippen LogP contribution in [0.4, 0.5) is 0 Å². The molecule has 0 aromatic heterocycles. The summed E-state index contributed by atoms with van der Waals surface area (Å²) in [5.41, 5.74) is 2.87. The smallest absolute Gasteiger partial charge is 0.331 e. The lowest BCUT2D eigenvalue weighted by molar-refractivity contribution is -0.143. The Balaban J connectivity index is 0.000000232. The van der Waals surface area contributed by atoms with Crippen molar-refractivity contribution in [3.8, 4) is 0 Å². The van der Waals surface area contributed by atoms with Crippen molar-refractivity contribution in [1.82, 2.24) is 0 Å². The van der Waals surface area contributed by atoms with E-state index in [0.29, 0.717) is 5.57 Å². The molecule has 1 aromatic carbocycles. The molecule has 5 heteroatoms. The van der Waals surface area contributed by atoms with Gasteiger partial charge < -0.3 is 9.84 Å². The minimum Gasteiger partial charge on any atom is -0.467 e. The monoisotopic (exact) mass is 266 g/mol. The highest BCUT2D eigenvalue weighted by atomic mass is 32.2. The summed E-state index contributed by atoms with van der Waals surface area (Å²) < 4.78 is 4.01. The molecular formula is C13H14O4S. The zero-order chi connectivity index (χ0) is 13.5. The molecule has 96 valence electrons. The van der Waals surface area contributed by atoms with E-state index < -0.39 is 12.6 Å². The number of ether oxygens (including phenoxy) is 1. The molecule has 0 atom stereocenters. The standard InChI is InChI=1S/C10H8OS.C3H6O3/c1-7-9-5-3-2-4-8(9)6-12-10(7)11;1-6-3(5)2-4/h2-5H,1,6H2;4H,2H2,1H3. The van der Waals surface area contributed by atoms with Crippen LogP contribution in [0.3, 0.4) is 0 Å². The molecule has 0 aliphatic carbocycles. The van der Waals surface area contributed by atoms with Crippen LogP contribution in [0, 0.1) is 0 Å². The Morgan fingerprint density at radius 1 is 1.50 bits per heavy atom. The maximum atomic E-state index is 11.2. The van der Waals surface area contributed by atoms with E-state index in [2.05, 4.69) is 11.3 Å². The zero-order valence-corrected chi connectivity index (χ0v) is 10.8. The van der Waals surface area contributed by atoms with E-state index >= 15 is 0 Å². The number of methoxy groups -OCH3 is 1. The number of fused-ring (bicyclic) bond motifs is 1. The lowest BCUT2D eigenvalue weighted by Crippen LogP contribution is -2.05. The molecule has 0 saturated heterocycles. The maximum absolute atomic E-state index is 11.2. The molecule has 0 saturated carbocycles. The first-order valence-corrected chi connectivity index (χ1v) is 6.20. The predicted octanol–water partition coefficient (Wildman–Crippen LogP) is 1.62. The number of rotatable bonds is 1. The second kappa shape index (κ2) is 6.98. The third-order valence-electron chi connectivity index (χ3n) is 2.30. The van der Waals surface area contributed by atoms with Gasteiger partial charge >= 0.3 is 5.97 Å². The third-order valence-corrected chi connectivity index (χ3v) is 3.27. The van der Waals surface area contributed by atoms with Crippen molar-refractivity contribution < 1.29 is 19.4 Å². The molecule has 0 amide bonds. The summed E-state index contributed by atoms with van der Waals surface area (Å²) in [6.07, 6.45) is 0. The van der Waals surface area contributed by atoms with Gasteiger partial charge in [-0.3, -0.25) is 4.79 Å². The fraction of sp³-hybridized carbons (Fsp3) is 0.231. The van der Waals surface area contributed by atoms with Crippen LogP contribution in [-0.2, 0) is 20.1 Å². The van der Waals surface area contributed by atoms with Crippen molar-refractivity contribution in [2.75, 3.05) is 13.7 Å². The predicted molar refractivity (Wildman–Crippen MR) is 70.9 cm³/mol. The van der Waals surface area contributed by atoms with Crippen molar-refractivity contribution in [3.05, 3.63) is 42.0 Å². The number of hydrogen-bond donors (Lipinski definition) is 1. The zero-order valence-electron chi connectivity index (χ0n) is 10.0. The van der Waals surface area contributed by atoms with Crippen LogP contribution in [0.5, 0.6) is 0 Å². The summed E-state index contributed by atoms with van der Waals surface area (Å²) in [7, 11) is 1.22. The van der Waals surface area contributed by atoms with Crippen LogP contribution in [0.2, 0.25) is 0 Å². The van der Waals surface area contributed by atoms with Gasteiger partial charge in [-0.1, -0.05) is 42.6 Å². The second-order valence-electron chi connectivity index (χ2n) is 3.45. The van der Waals surface area contributed by atoms with E-state index in [1.54, 1.807) is 0 Å². The van der Waals surface area contributed by atoms with Gasteiger partial charge in [-0.05, 0) is 11.1 Å². The molecule has 1 aromatic rings. The lowest BCUT2D eigenvalue weighted by atomic mass is 10.0. The van der Waals surface area contributed by atoms with Crippen LogP contribution >= 0.6 is 11.8 Å². The van der Waals surface area contributed by atoms with Gasteiger partial charge in [0.1, 0.15) is 6.61 Å². The number of aliphatic hydroxyl groups excluding tert-OH is 1. The fourth-order valence-electron chi connectivity index (χ4n) is 1.35. The highest BCUT2D eigenvalue weighted by molar-refractivity contribution is 8.14. The molecule has 0 spiro atoms. The normalized spacial score (nSPS) is 13.2. The van der Waals surface area contributed by atoms with E-state index in [-0.39, 0.29) is 5.12 Å². The first-order chi connectivity index (χ1) is 8.60. The Hall–Kier alpha value is -1.59. The van der Waals surface area contributed by atoms with E-state index in [0.717, 1.165) is 11.3 Å². The SMILES string of the molecule is C=C1C(=O)SCc2ccccc21.COC(=O)CO. The molecule has 0 fully saturated rings. The third kappa shape index (κ3) is 3.72. The van der Waals surface area contributed by atoms with Crippen molar-refractivity contribution >= 4 is 28.4 Å². The van der Waals surface area contributed by atoms with Crippen molar-refractivity contribution in [2.45, 2.75) is 5.75 Å². The minimum absolute atomic E-state index is 0.105. The molecule has 1 aliphatic heterocycles. The van der Waals surface area contributed by atoms with E-state index in [9.17, 15) is 9.59 Å². The van der Waals surface area contributed by atoms with Gasteiger partial charge in [-0.2, -0.15) is 0 Å². The van der Waals surface area contributed by atoms with Crippen LogP contribution in [0.25, 0.3) is 5.57 Å². The van der Waals surface area contributed by atoms with E-state index in [1.165, 1.54) is 24.4 Å². The van der Waals surface area contributed by atoms with Crippen LogP contribution < -0.4 is 0 Å². The molecular weight excluding hydrogens is 252 g/mol. The Kier molecular flexibility index (Phi) is 5.61. The van der Waals surface area contributed by atoms with Gasteiger partial charge in [0.05, 0.1) is 7.11 Å². The van der Waals surface area contributed by atoms with Gasteiger partial charge in [-0.15, -0.1) is 0 Å². The Morgan fingerprint density at radius 3 is 2.72 bits per heavy atom. The maximum Gasteiger partial charge on any atom is 0.331 e. The van der Waals surface area contributed by atoms with Gasteiger partial charge in [0.25, 0.3) is 0 Å². The molecule has 0 bridgehead atoms. The van der Waals surface area contributed by atoms with Gasteiger partial charge in [0.2, 0.25) is 5.12 Å². The molecule has 1 aliphatic rings. The molecule has 0 radical (unpaired) electrons. The van der Waals surface area contributed by atoms with E-state index in [1.807, 2.05) is 24.3 Å². The Labute approximate surface area is 110 Å². The van der Waals surface area contributed by atoms with Crippen LogP contribution in [0.1, 0.15) is 11.1 Å². The number of hydrogen-bond acceptors (Lipinski definition) is 5. The highest BCUT2D eigenvalue weighted by Gasteiger charge is 2.18. The van der Waals surface area contributed by atoms with Crippen molar-refractivity contribution in [2.24, 2.45) is 0 Å². The van der Waals surface area contributed by atoms with Gasteiger partial charge in [-0.25, -0.2) is 4.79 Å². The molecule has 1 heterocycles. The summed E-state index contributed by atoms with van der Waals surface area (Å²) in [6, 6.07) is 7.92. The molecule has 2 rings (SSSR count). The Bertz CT molecular complexity index is 462. The Morgan fingerprint density at radius 2 is 2.17 bits per heavy atom. The summed E-state index contributed by atoms with van der Waals surface area (Å²) in [5.74, 6) is 0.184. The molecule has 0 unspecified atom stereocenters. The van der Waals surface area contributed by atoms with Gasteiger partial charge in [0, 0.05) is 11.3 Å². The number of esters is 1. The topological polar surface area (TPSA) is 63.6 Å². The van der Waals surface area contributed by atoms with Crippen molar-refractivity contribution in [3.63, 3.8) is 0 Å². The first kappa shape index (κ1) is 14.5. The quantitative estimate of drug-likeness (QED) is 0.618. The summed E-state index contributed by atoms with van der Waals surface area (Å²) in [4.78, 5) is 20.9. The van der Waals surface area contributed by atoms with Crippen LogP contribution in [0.15, 0.2) is 30.8 Å². The average Bonchev–Trinajstić information content (AvgIpc) is 2.43. The molecule has 18 heavy (non-hydrogen) atoms. The molecule has 4 nitrogen and oxygen atoms in total. The number of aliphatic hydroxyl groups is 1. The highest BCUT2D eigenvalue weighted by Crippen LogP contribution is 2.32. The van der Waals surface area contributed by atoms with Crippen LogP contribution in [-0.4, -0.2) is 29.9 Å². The lowest BCUT2D eigenvalue weighted by Gasteiger charge is -2.15. The summed E-state index contributed by atoms with van der Waals surface area (Å²) >= 11 is 1.33. The summed E-state index contributed by atoms with van der Waals surface area (Å²) in [6.45, 7) is 3.23. The average molecular weight is 266 g/mol. The summed E-state index contributed by atoms with van der Waals surface area (Å²) in [5, 5.41) is 7.97. The number of benzene rings is 1. The first-order valence-electron chi connectivity index (χ1n) is 5.22.